The highest BCUT2D eigenvalue weighted by Gasteiger charge is 2.34. The number of fused-ring (bicyclic) bond motifs is 1. The maximum atomic E-state index is 12.3. The standard InChI is InChI=1S/C13H16N2OS2/c14-8-13(4-1-2-5-13)15-12(16)11-7-10-9(18-11)3-6-17-10/h3,6-7H,1-2,4-5,8,14H2,(H,15,16). The molecule has 1 saturated carbocycles. The van der Waals surface area contributed by atoms with E-state index >= 15 is 0 Å². The summed E-state index contributed by atoms with van der Waals surface area (Å²) in [6.07, 6.45) is 4.35. The molecule has 2 heterocycles. The van der Waals surface area contributed by atoms with Crippen LogP contribution in [-0.4, -0.2) is 18.0 Å². The molecule has 0 aliphatic heterocycles. The molecule has 0 radical (unpaired) electrons. The van der Waals surface area contributed by atoms with Gasteiger partial charge in [0.05, 0.1) is 10.4 Å². The second kappa shape index (κ2) is 4.64. The zero-order valence-electron chi connectivity index (χ0n) is 10.1. The van der Waals surface area contributed by atoms with Gasteiger partial charge in [-0.25, -0.2) is 0 Å². The van der Waals surface area contributed by atoms with Gasteiger partial charge in [-0.1, -0.05) is 12.8 Å². The molecule has 2 aromatic heterocycles. The summed E-state index contributed by atoms with van der Waals surface area (Å²) in [6, 6.07) is 4.05. The second-order valence-electron chi connectivity index (χ2n) is 4.91. The van der Waals surface area contributed by atoms with Gasteiger partial charge in [0.25, 0.3) is 5.91 Å². The Hall–Kier alpha value is -0.910. The van der Waals surface area contributed by atoms with Crippen molar-refractivity contribution in [3.63, 3.8) is 0 Å². The van der Waals surface area contributed by atoms with E-state index in [-0.39, 0.29) is 11.4 Å². The minimum atomic E-state index is -0.158. The summed E-state index contributed by atoms with van der Waals surface area (Å²) in [5, 5.41) is 5.22. The first-order valence-corrected chi connectivity index (χ1v) is 7.92. The van der Waals surface area contributed by atoms with Gasteiger partial charge in [0.1, 0.15) is 0 Å². The van der Waals surface area contributed by atoms with Crippen LogP contribution in [0.5, 0.6) is 0 Å². The van der Waals surface area contributed by atoms with Crippen LogP contribution in [0.25, 0.3) is 9.40 Å². The molecule has 96 valence electrons. The fourth-order valence-corrected chi connectivity index (χ4v) is 4.62. The van der Waals surface area contributed by atoms with Crippen molar-refractivity contribution in [2.24, 2.45) is 5.73 Å². The molecule has 0 bridgehead atoms. The van der Waals surface area contributed by atoms with Gasteiger partial charge in [-0.15, -0.1) is 22.7 Å². The zero-order valence-corrected chi connectivity index (χ0v) is 11.7. The van der Waals surface area contributed by atoms with Crippen molar-refractivity contribution in [1.82, 2.24) is 5.32 Å². The molecule has 1 aliphatic rings. The van der Waals surface area contributed by atoms with Crippen LogP contribution in [-0.2, 0) is 0 Å². The first kappa shape index (κ1) is 12.1. The molecule has 3 rings (SSSR count). The predicted octanol–water partition coefficient (Wildman–Crippen LogP) is 2.96. The van der Waals surface area contributed by atoms with Gasteiger partial charge in [-0.2, -0.15) is 0 Å². The van der Waals surface area contributed by atoms with E-state index in [9.17, 15) is 4.79 Å². The number of nitrogens with one attached hydrogen (secondary N) is 1. The first-order chi connectivity index (χ1) is 8.72. The van der Waals surface area contributed by atoms with E-state index in [1.165, 1.54) is 9.40 Å². The number of rotatable bonds is 3. The molecular formula is C13H16N2OS2. The Morgan fingerprint density at radius 1 is 1.39 bits per heavy atom. The molecule has 18 heavy (non-hydrogen) atoms. The van der Waals surface area contributed by atoms with E-state index < -0.39 is 0 Å². The van der Waals surface area contributed by atoms with Gasteiger partial charge in [-0.05, 0) is 30.4 Å². The molecule has 5 heteroatoms. The number of carbonyl (C=O) groups excluding carboxylic acids is 1. The minimum Gasteiger partial charge on any atom is -0.345 e. The Morgan fingerprint density at radius 2 is 2.17 bits per heavy atom. The van der Waals surface area contributed by atoms with E-state index in [1.54, 1.807) is 22.7 Å². The normalized spacial score (nSPS) is 18.3. The van der Waals surface area contributed by atoms with E-state index in [2.05, 4.69) is 16.8 Å². The Labute approximate surface area is 114 Å². The SMILES string of the molecule is NCC1(NC(=O)c2cc3sccc3s2)CCCC1. The lowest BCUT2D eigenvalue weighted by molar-refractivity contribution is 0.0907. The summed E-state index contributed by atoms with van der Waals surface area (Å²) in [7, 11) is 0. The molecule has 1 amide bonds. The summed E-state index contributed by atoms with van der Waals surface area (Å²) < 4.78 is 2.39. The van der Waals surface area contributed by atoms with Gasteiger partial charge >= 0.3 is 0 Å². The Morgan fingerprint density at radius 3 is 2.83 bits per heavy atom. The van der Waals surface area contributed by atoms with Gasteiger partial charge in [0, 0.05) is 15.9 Å². The van der Waals surface area contributed by atoms with Crippen LogP contribution in [0.3, 0.4) is 0 Å². The molecule has 0 aromatic carbocycles. The van der Waals surface area contributed by atoms with E-state index in [0.717, 1.165) is 30.6 Å². The van der Waals surface area contributed by atoms with Crippen LogP contribution in [0.4, 0.5) is 0 Å². The fourth-order valence-electron chi connectivity index (χ4n) is 2.61. The molecule has 2 aromatic rings. The van der Waals surface area contributed by atoms with Crippen molar-refractivity contribution in [2.75, 3.05) is 6.54 Å². The maximum absolute atomic E-state index is 12.3. The van der Waals surface area contributed by atoms with Crippen molar-refractivity contribution in [2.45, 2.75) is 31.2 Å². The number of amides is 1. The molecule has 3 N–H and O–H groups in total. The Balaban J connectivity index is 1.80. The van der Waals surface area contributed by atoms with Crippen molar-refractivity contribution >= 4 is 38.0 Å². The third-order valence-electron chi connectivity index (χ3n) is 3.69. The van der Waals surface area contributed by atoms with Crippen LogP contribution >= 0.6 is 22.7 Å². The lowest BCUT2D eigenvalue weighted by Crippen LogP contribution is -2.51. The summed E-state index contributed by atoms with van der Waals surface area (Å²) in [5.41, 5.74) is 5.68. The minimum absolute atomic E-state index is 0.0377. The molecule has 1 aliphatic carbocycles. The largest absolute Gasteiger partial charge is 0.345 e. The highest BCUT2D eigenvalue weighted by molar-refractivity contribution is 7.27. The number of carbonyl (C=O) groups is 1. The molecule has 1 fully saturated rings. The van der Waals surface area contributed by atoms with Crippen LogP contribution < -0.4 is 11.1 Å². The highest BCUT2D eigenvalue weighted by Crippen LogP contribution is 2.32. The van der Waals surface area contributed by atoms with Gasteiger partial charge in [-0.3, -0.25) is 4.79 Å². The summed E-state index contributed by atoms with van der Waals surface area (Å²) >= 11 is 3.24. The fraction of sp³-hybridized carbons (Fsp3) is 0.462. The molecule has 0 spiro atoms. The summed E-state index contributed by atoms with van der Waals surface area (Å²) in [5.74, 6) is 0.0377. The third kappa shape index (κ3) is 2.06. The first-order valence-electron chi connectivity index (χ1n) is 6.22. The molecule has 0 saturated heterocycles. The lowest BCUT2D eigenvalue weighted by atomic mass is 9.98. The van der Waals surface area contributed by atoms with E-state index in [1.807, 2.05) is 6.07 Å². The second-order valence-corrected chi connectivity index (χ2v) is 6.94. The third-order valence-corrected chi connectivity index (χ3v) is 5.79. The highest BCUT2D eigenvalue weighted by atomic mass is 32.1. The summed E-state index contributed by atoms with van der Waals surface area (Å²) in [6.45, 7) is 0.540. The number of hydrogen-bond donors (Lipinski definition) is 2. The average Bonchev–Trinajstić information content (AvgIpc) is 3.03. The van der Waals surface area contributed by atoms with Crippen molar-refractivity contribution in [3.8, 4) is 0 Å². The maximum Gasteiger partial charge on any atom is 0.261 e. The number of thiophene rings is 2. The van der Waals surface area contributed by atoms with E-state index in [4.69, 9.17) is 5.73 Å². The number of hydrogen-bond acceptors (Lipinski definition) is 4. The van der Waals surface area contributed by atoms with Gasteiger partial charge in [0.2, 0.25) is 0 Å². The summed E-state index contributed by atoms with van der Waals surface area (Å²) in [4.78, 5) is 13.1. The Kier molecular flexibility index (Phi) is 3.13. The quantitative estimate of drug-likeness (QED) is 0.908. The molecule has 0 atom stereocenters. The van der Waals surface area contributed by atoms with Crippen LogP contribution in [0.15, 0.2) is 17.5 Å². The van der Waals surface area contributed by atoms with Crippen LogP contribution in [0.2, 0.25) is 0 Å². The lowest BCUT2D eigenvalue weighted by Gasteiger charge is -2.28. The van der Waals surface area contributed by atoms with E-state index in [0.29, 0.717) is 6.54 Å². The molecular weight excluding hydrogens is 264 g/mol. The van der Waals surface area contributed by atoms with Gasteiger partial charge < -0.3 is 11.1 Å². The van der Waals surface area contributed by atoms with Crippen molar-refractivity contribution in [3.05, 3.63) is 22.4 Å². The van der Waals surface area contributed by atoms with Crippen molar-refractivity contribution < 1.29 is 4.79 Å². The van der Waals surface area contributed by atoms with Crippen LogP contribution in [0, 0.1) is 0 Å². The topological polar surface area (TPSA) is 55.1 Å². The average molecular weight is 280 g/mol. The number of nitrogens with two attached hydrogens (primary N) is 1. The molecule has 0 unspecified atom stereocenters. The van der Waals surface area contributed by atoms with Crippen molar-refractivity contribution in [1.29, 1.82) is 0 Å². The van der Waals surface area contributed by atoms with Crippen LogP contribution in [0.1, 0.15) is 35.4 Å². The monoisotopic (exact) mass is 280 g/mol. The Bertz CT molecular complexity index is 538. The van der Waals surface area contributed by atoms with Gasteiger partial charge in [0.15, 0.2) is 0 Å². The zero-order chi connectivity index (χ0) is 12.6. The smallest absolute Gasteiger partial charge is 0.261 e. The molecule has 3 nitrogen and oxygen atoms in total. The predicted molar refractivity (Wildman–Crippen MR) is 77.4 cm³/mol.